The fourth-order valence-electron chi connectivity index (χ4n) is 2.00. The van der Waals surface area contributed by atoms with E-state index in [1.807, 2.05) is 31.5 Å². The Balaban J connectivity index is 1.62. The first kappa shape index (κ1) is 17.0. The zero-order valence-electron chi connectivity index (χ0n) is 13.4. The molecule has 2 aromatic rings. The third-order valence-electron chi connectivity index (χ3n) is 3.21. The maximum Gasteiger partial charge on any atom is 0.263 e. The molecule has 3 N–H and O–H groups in total. The van der Waals surface area contributed by atoms with E-state index in [0.29, 0.717) is 18.0 Å². The zero-order valence-corrected chi connectivity index (χ0v) is 14.2. The van der Waals surface area contributed by atoms with Gasteiger partial charge < -0.3 is 20.5 Å². The minimum Gasteiger partial charge on any atom is -0.355 e. The lowest BCUT2D eigenvalue weighted by molar-refractivity contribution is 0.0957. The van der Waals surface area contributed by atoms with Crippen molar-refractivity contribution >= 4 is 23.2 Å². The number of hydrogen-bond donors (Lipinski definition) is 3. The normalized spacial score (nSPS) is 11.3. The van der Waals surface area contributed by atoms with Gasteiger partial charge in [-0.2, -0.15) is 0 Å². The molecule has 8 heteroatoms. The van der Waals surface area contributed by atoms with Crippen LogP contribution in [0.5, 0.6) is 0 Å². The third-order valence-corrected chi connectivity index (χ3v) is 4.13. The second-order valence-electron chi connectivity index (χ2n) is 4.87. The molecule has 0 atom stereocenters. The first-order chi connectivity index (χ1) is 11.2. The van der Waals surface area contributed by atoms with Crippen LogP contribution in [0, 0.1) is 6.92 Å². The van der Waals surface area contributed by atoms with Crippen LogP contribution in [0.3, 0.4) is 0 Å². The van der Waals surface area contributed by atoms with Gasteiger partial charge in [-0.15, -0.1) is 11.3 Å². The van der Waals surface area contributed by atoms with Gasteiger partial charge in [0.15, 0.2) is 5.96 Å². The summed E-state index contributed by atoms with van der Waals surface area (Å²) in [5.74, 6) is 0.641. The maximum absolute atomic E-state index is 11.9. The van der Waals surface area contributed by atoms with Crippen molar-refractivity contribution in [2.75, 3.05) is 26.7 Å². The molecule has 0 saturated carbocycles. The molecule has 7 nitrogen and oxygen atoms in total. The number of hydrogen-bond acceptors (Lipinski definition) is 4. The topological polar surface area (TPSA) is 83.3 Å². The number of amides is 1. The average molecular weight is 334 g/mol. The standard InChI is InChI=1S/C15H22N6OS/c1-12-13(23-11-20-12)14(22)17-5-6-18-15(16-2)19-7-10-21-8-3-4-9-21/h3-4,8-9,11H,5-7,10H2,1-2H3,(H,17,22)(H2,16,18,19). The Bertz CT molecular complexity index is 634. The highest BCUT2D eigenvalue weighted by Gasteiger charge is 2.10. The third kappa shape index (κ3) is 5.41. The fourth-order valence-corrected chi connectivity index (χ4v) is 2.72. The van der Waals surface area contributed by atoms with Crippen molar-refractivity contribution in [3.05, 3.63) is 40.6 Å². The van der Waals surface area contributed by atoms with E-state index in [4.69, 9.17) is 0 Å². The summed E-state index contributed by atoms with van der Waals surface area (Å²) in [4.78, 5) is 20.8. The summed E-state index contributed by atoms with van der Waals surface area (Å²) < 4.78 is 2.10. The molecule has 1 amide bonds. The van der Waals surface area contributed by atoms with E-state index in [1.54, 1.807) is 12.6 Å². The van der Waals surface area contributed by atoms with Crippen molar-refractivity contribution in [3.8, 4) is 0 Å². The van der Waals surface area contributed by atoms with Crippen molar-refractivity contribution in [1.29, 1.82) is 0 Å². The first-order valence-corrected chi connectivity index (χ1v) is 8.32. The summed E-state index contributed by atoms with van der Waals surface area (Å²) in [5.41, 5.74) is 2.45. The summed E-state index contributed by atoms with van der Waals surface area (Å²) in [6, 6.07) is 4.00. The lowest BCUT2D eigenvalue weighted by Gasteiger charge is -2.12. The lowest BCUT2D eigenvalue weighted by atomic mass is 10.4. The molecule has 2 heterocycles. The molecule has 0 bridgehead atoms. The number of nitrogens with one attached hydrogen (secondary N) is 3. The van der Waals surface area contributed by atoms with E-state index >= 15 is 0 Å². The SMILES string of the molecule is CN=C(NCCNC(=O)c1scnc1C)NCCn1cccc1. The number of thiazole rings is 1. The van der Waals surface area contributed by atoms with Gasteiger partial charge >= 0.3 is 0 Å². The Morgan fingerprint density at radius 3 is 2.57 bits per heavy atom. The summed E-state index contributed by atoms with van der Waals surface area (Å²) >= 11 is 1.35. The van der Waals surface area contributed by atoms with Crippen LogP contribution in [0.25, 0.3) is 0 Å². The molecule has 0 saturated heterocycles. The number of nitrogens with zero attached hydrogens (tertiary/aromatic N) is 3. The highest BCUT2D eigenvalue weighted by Crippen LogP contribution is 2.10. The molecule has 0 spiro atoms. The second-order valence-corrected chi connectivity index (χ2v) is 5.72. The van der Waals surface area contributed by atoms with Crippen LogP contribution in [0.1, 0.15) is 15.4 Å². The molecule has 23 heavy (non-hydrogen) atoms. The monoisotopic (exact) mass is 334 g/mol. The Hall–Kier alpha value is -2.35. The predicted molar refractivity (Wildman–Crippen MR) is 93.0 cm³/mol. The average Bonchev–Trinajstić information content (AvgIpc) is 3.21. The van der Waals surface area contributed by atoms with E-state index in [0.717, 1.165) is 24.7 Å². The Labute approximate surface area is 139 Å². The largest absolute Gasteiger partial charge is 0.355 e. The van der Waals surface area contributed by atoms with Gasteiger partial charge in [-0.25, -0.2) is 4.98 Å². The van der Waals surface area contributed by atoms with Crippen molar-refractivity contribution in [1.82, 2.24) is 25.5 Å². The van der Waals surface area contributed by atoms with Gasteiger partial charge in [0.1, 0.15) is 4.88 Å². The number of aryl methyl sites for hydroxylation is 1. The van der Waals surface area contributed by atoms with Gasteiger partial charge in [-0.1, -0.05) is 0 Å². The summed E-state index contributed by atoms with van der Waals surface area (Å²) in [6.07, 6.45) is 4.05. The minimum absolute atomic E-state index is 0.0812. The van der Waals surface area contributed by atoms with Crippen LogP contribution in [0.4, 0.5) is 0 Å². The Kier molecular flexibility index (Phi) is 6.61. The van der Waals surface area contributed by atoms with Crippen LogP contribution in [0.2, 0.25) is 0 Å². The van der Waals surface area contributed by atoms with Gasteiger partial charge in [-0.3, -0.25) is 9.79 Å². The highest BCUT2D eigenvalue weighted by atomic mass is 32.1. The van der Waals surface area contributed by atoms with Gasteiger partial charge in [0, 0.05) is 45.6 Å². The number of rotatable bonds is 7. The Morgan fingerprint density at radius 1 is 1.22 bits per heavy atom. The molecule has 0 aliphatic heterocycles. The predicted octanol–water partition coefficient (Wildman–Crippen LogP) is 0.848. The maximum atomic E-state index is 11.9. The highest BCUT2D eigenvalue weighted by molar-refractivity contribution is 7.11. The molecule has 0 radical (unpaired) electrons. The molecule has 0 unspecified atom stereocenters. The number of aliphatic imine (C=N–C) groups is 1. The van der Waals surface area contributed by atoms with Gasteiger partial charge in [0.2, 0.25) is 0 Å². The minimum atomic E-state index is -0.0812. The van der Waals surface area contributed by atoms with Gasteiger partial charge in [0.05, 0.1) is 11.2 Å². The molecular weight excluding hydrogens is 312 g/mol. The molecule has 124 valence electrons. The molecular formula is C15H22N6OS. The molecule has 0 aliphatic rings. The molecule has 2 aromatic heterocycles. The molecule has 0 aromatic carbocycles. The van der Waals surface area contributed by atoms with E-state index in [1.165, 1.54) is 11.3 Å². The van der Waals surface area contributed by atoms with Crippen molar-refractivity contribution in [2.24, 2.45) is 4.99 Å². The van der Waals surface area contributed by atoms with Crippen molar-refractivity contribution in [3.63, 3.8) is 0 Å². The van der Waals surface area contributed by atoms with E-state index in [9.17, 15) is 4.79 Å². The zero-order chi connectivity index (χ0) is 16.5. The number of guanidine groups is 1. The molecule has 2 rings (SSSR count). The van der Waals surface area contributed by atoms with E-state index in [-0.39, 0.29) is 5.91 Å². The second kappa shape index (κ2) is 8.94. The van der Waals surface area contributed by atoms with Gasteiger partial charge in [0.25, 0.3) is 5.91 Å². The quantitative estimate of drug-likeness (QED) is 0.398. The van der Waals surface area contributed by atoms with Crippen LogP contribution >= 0.6 is 11.3 Å². The van der Waals surface area contributed by atoms with Crippen LogP contribution in [-0.4, -0.2) is 48.1 Å². The Morgan fingerprint density at radius 2 is 1.91 bits per heavy atom. The number of aromatic nitrogens is 2. The first-order valence-electron chi connectivity index (χ1n) is 7.44. The smallest absolute Gasteiger partial charge is 0.263 e. The van der Waals surface area contributed by atoms with Crippen molar-refractivity contribution in [2.45, 2.75) is 13.5 Å². The number of carbonyl (C=O) groups is 1. The van der Waals surface area contributed by atoms with Gasteiger partial charge in [-0.05, 0) is 19.1 Å². The van der Waals surface area contributed by atoms with Crippen LogP contribution in [-0.2, 0) is 6.54 Å². The molecule has 0 aliphatic carbocycles. The van der Waals surface area contributed by atoms with E-state index < -0.39 is 0 Å². The number of carbonyl (C=O) groups excluding carboxylic acids is 1. The van der Waals surface area contributed by atoms with E-state index in [2.05, 4.69) is 30.5 Å². The lowest BCUT2D eigenvalue weighted by Crippen LogP contribution is -2.42. The van der Waals surface area contributed by atoms with Crippen LogP contribution in [0.15, 0.2) is 35.0 Å². The molecule has 0 fully saturated rings. The summed E-state index contributed by atoms with van der Waals surface area (Å²) in [6.45, 7) is 4.61. The van der Waals surface area contributed by atoms with Crippen molar-refractivity contribution < 1.29 is 4.79 Å². The fraction of sp³-hybridized carbons (Fsp3) is 0.400. The van der Waals surface area contributed by atoms with Crippen LogP contribution < -0.4 is 16.0 Å². The summed E-state index contributed by atoms with van der Waals surface area (Å²) in [7, 11) is 1.73. The summed E-state index contributed by atoms with van der Waals surface area (Å²) in [5, 5.41) is 9.26.